The van der Waals surface area contributed by atoms with Gasteiger partial charge in [0.25, 0.3) is 0 Å². The molecule has 0 aliphatic carbocycles. The first kappa shape index (κ1) is 15.3. The maximum atomic E-state index is 6.20. The number of hydrogen-bond donors (Lipinski definition) is 0. The van der Waals surface area contributed by atoms with E-state index in [1.807, 2.05) is 29.8 Å². The Labute approximate surface area is 132 Å². The first-order valence-electron chi connectivity index (χ1n) is 7.69. The lowest BCUT2D eigenvalue weighted by Gasteiger charge is -2.32. The largest absolute Gasteiger partial charge is 0.497 e. The third kappa shape index (κ3) is 2.38. The number of aryl methyl sites for hydroxylation is 2. The molecule has 1 fully saturated rings. The number of hydrogen-bond acceptors (Lipinski definition) is 3. The monoisotopic (exact) mass is 298 g/mol. The smallest absolute Gasteiger partial charge is 0.399 e. The van der Waals surface area contributed by atoms with Gasteiger partial charge < -0.3 is 9.31 Å². The van der Waals surface area contributed by atoms with Crippen molar-refractivity contribution < 1.29 is 9.31 Å². The van der Waals surface area contributed by atoms with Crippen LogP contribution in [0.4, 0.5) is 0 Å². The molecule has 4 nitrogen and oxygen atoms in total. The van der Waals surface area contributed by atoms with Gasteiger partial charge in [-0.05, 0) is 53.7 Å². The molecule has 0 unspecified atom stereocenters. The van der Waals surface area contributed by atoms with E-state index in [4.69, 9.17) is 9.31 Å². The second kappa shape index (κ2) is 4.96. The van der Waals surface area contributed by atoms with Crippen LogP contribution in [0.1, 0.15) is 39.1 Å². The lowest BCUT2D eigenvalue weighted by atomic mass is 9.78. The van der Waals surface area contributed by atoms with Crippen LogP contribution < -0.4 is 5.46 Å². The molecule has 3 rings (SSSR count). The molecule has 1 aromatic carbocycles. The van der Waals surface area contributed by atoms with Crippen LogP contribution in [0.15, 0.2) is 30.3 Å². The zero-order valence-electron chi connectivity index (χ0n) is 14.2. The van der Waals surface area contributed by atoms with E-state index in [1.54, 1.807) is 0 Å². The molecule has 0 amide bonds. The summed E-state index contributed by atoms with van der Waals surface area (Å²) in [5, 5.41) is 4.59. The van der Waals surface area contributed by atoms with Crippen molar-refractivity contribution in [1.29, 1.82) is 0 Å². The first-order chi connectivity index (χ1) is 10.2. The minimum absolute atomic E-state index is 0.347. The summed E-state index contributed by atoms with van der Waals surface area (Å²) >= 11 is 0. The Kier molecular flexibility index (Phi) is 3.46. The Morgan fingerprint density at radius 3 is 2.14 bits per heavy atom. The zero-order chi connectivity index (χ0) is 16.1. The van der Waals surface area contributed by atoms with Gasteiger partial charge in [-0.2, -0.15) is 5.10 Å². The quantitative estimate of drug-likeness (QED) is 0.800. The van der Waals surface area contributed by atoms with E-state index in [2.05, 4.69) is 51.9 Å². The van der Waals surface area contributed by atoms with E-state index < -0.39 is 0 Å². The number of rotatable bonds is 2. The number of nitrogens with zero attached hydrogens (tertiary/aromatic N) is 2. The zero-order valence-corrected chi connectivity index (χ0v) is 14.2. The standard InChI is InChI=1S/C17H23BN2O2/c1-12-11-13(2)20(19-12)15-10-8-7-9-14(15)18-21-16(3,4)17(5,6)22-18/h7-11H,1-6H3. The highest BCUT2D eigenvalue weighted by Crippen LogP contribution is 2.36. The lowest BCUT2D eigenvalue weighted by Crippen LogP contribution is -2.41. The van der Waals surface area contributed by atoms with Gasteiger partial charge in [0.1, 0.15) is 0 Å². The van der Waals surface area contributed by atoms with Crippen molar-refractivity contribution in [3.05, 3.63) is 41.7 Å². The van der Waals surface area contributed by atoms with Crippen molar-refractivity contribution in [2.75, 3.05) is 0 Å². The van der Waals surface area contributed by atoms with Gasteiger partial charge in [0.15, 0.2) is 0 Å². The molecule has 2 aromatic rings. The molecule has 22 heavy (non-hydrogen) atoms. The topological polar surface area (TPSA) is 36.3 Å². The average Bonchev–Trinajstić information content (AvgIpc) is 2.86. The fourth-order valence-electron chi connectivity index (χ4n) is 2.72. The highest BCUT2D eigenvalue weighted by atomic mass is 16.7. The molecular weight excluding hydrogens is 275 g/mol. The molecule has 2 heterocycles. The summed E-state index contributed by atoms with van der Waals surface area (Å²) in [6, 6.07) is 10.2. The van der Waals surface area contributed by atoms with Crippen molar-refractivity contribution in [2.24, 2.45) is 0 Å². The summed E-state index contributed by atoms with van der Waals surface area (Å²) < 4.78 is 14.3. The summed E-state index contributed by atoms with van der Waals surface area (Å²) in [7, 11) is -0.384. The molecule has 1 saturated heterocycles. The minimum atomic E-state index is -0.384. The molecule has 1 aliphatic rings. The highest BCUT2D eigenvalue weighted by molar-refractivity contribution is 6.63. The number of para-hydroxylation sites is 1. The van der Waals surface area contributed by atoms with Gasteiger partial charge in [-0.3, -0.25) is 0 Å². The van der Waals surface area contributed by atoms with Crippen LogP contribution in [0.3, 0.4) is 0 Å². The third-order valence-corrected chi connectivity index (χ3v) is 4.68. The Morgan fingerprint density at radius 1 is 1.00 bits per heavy atom. The Balaban J connectivity index is 2.05. The number of aromatic nitrogens is 2. The molecule has 5 heteroatoms. The molecule has 116 valence electrons. The summed E-state index contributed by atoms with van der Waals surface area (Å²) in [5.41, 5.74) is 3.42. The van der Waals surface area contributed by atoms with E-state index in [9.17, 15) is 0 Å². The van der Waals surface area contributed by atoms with Crippen molar-refractivity contribution in [1.82, 2.24) is 9.78 Å². The second-order valence-electron chi connectivity index (χ2n) is 6.99. The Hall–Kier alpha value is -1.59. The van der Waals surface area contributed by atoms with Gasteiger partial charge in [-0.25, -0.2) is 4.68 Å². The fraction of sp³-hybridized carbons (Fsp3) is 0.471. The molecule has 0 atom stereocenters. The second-order valence-corrected chi connectivity index (χ2v) is 6.99. The summed E-state index contributed by atoms with van der Waals surface area (Å²) in [5.74, 6) is 0. The maximum absolute atomic E-state index is 6.20. The molecule has 0 N–H and O–H groups in total. The SMILES string of the molecule is Cc1cc(C)n(-c2ccccc2B2OC(C)(C)C(C)(C)O2)n1. The minimum Gasteiger partial charge on any atom is -0.399 e. The van der Waals surface area contributed by atoms with Crippen LogP contribution in [-0.4, -0.2) is 28.1 Å². The molecule has 1 aromatic heterocycles. The third-order valence-electron chi connectivity index (χ3n) is 4.68. The lowest BCUT2D eigenvalue weighted by molar-refractivity contribution is 0.00578. The van der Waals surface area contributed by atoms with Gasteiger partial charge in [0.05, 0.1) is 22.6 Å². The van der Waals surface area contributed by atoms with E-state index in [0.717, 1.165) is 22.5 Å². The van der Waals surface area contributed by atoms with E-state index in [1.165, 1.54) is 0 Å². The van der Waals surface area contributed by atoms with Gasteiger partial charge in [0.2, 0.25) is 0 Å². The molecule has 0 radical (unpaired) electrons. The van der Waals surface area contributed by atoms with E-state index >= 15 is 0 Å². The van der Waals surface area contributed by atoms with Crippen molar-refractivity contribution in [3.63, 3.8) is 0 Å². The van der Waals surface area contributed by atoms with Crippen molar-refractivity contribution in [2.45, 2.75) is 52.7 Å². The predicted molar refractivity (Wildman–Crippen MR) is 88.8 cm³/mol. The van der Waals surface area contributed by atoms with Crippen LogP contribution >= 0.6 is 0 Å². The molecule has 1 aliphatic heterocycles. The van der Waals surface area contributed by atoms with Gasteiger partial charge in [-0.15, -0.1) is 0 Å². The number of benzene rings is 1. The highest BCUT2D eigenvalue weighted by Gasteiger charge is 2.52. The van der Waals surface area contributed by atoms with Gasteiger partial charge in [-0.1, -0.05) is 18.2 Å². The van der Waals surface area contributed by atoms with Crippen LogP contribution in [0.2, 0.25) is 0 Å². The van der Waals surface area contributed by atoms with Crippen molar-refractivity contribution >= 4 is 12.6 Å². The maximum Gasteiger partial charge on any atom is 0.497 e. The van der Waals surface area contributed by atoms with Crippen molar-refractivity contribution in [3.8, 4) is 5.69 Å². The molecule has 0 saturated carbocycles. The van der Waals surface area contributed by atoms with Gasteiger partial charge >= 0.3 is 7.12 Å². The van der Waals surface area contributed by atoms with Crippen LogP contribution in [0.5, 0.6) is 0 Å². The first-order valence-corrected chi connectivity index (χ1v) is 7.69. The van der Waals surface area contributed by atoms with E-state index in [-0.39, 0.29) is 18.3 Å². The van der Waals surface area contributed by atoms with E-state index in [0.29, 0.717) is 0 Å². The Bertz CT molecular complexity index is 690. The van der Waals surface area contributed by atoms with Crippen LogP contribution in [0, 0.1) is 13.8 Å². The fourth-order valence-corrected chi connectivity index (χ4v) is 2.72. The predicted octanol–water partition coefficient (Wildman–Crippen LogP) is 2.79. The van der Waals surface area contributed by atoms with Crippen LogP contribution in [0.25, 0.3) is 5.69 Å². The normalized spacial score (nSPS) is 19.6. The molecule has 0 bridgehead atoms. The summed E-state index contributed by atoms with van der Waals surface area (Å²) in [4.78, 5) is 0. The molecule has 0 spiro atoms. The van der Waals surface area contributed by atoms with Crippen LogP contribution in [-0.2, 0) is 9.31 Å². The average molecular weight is 298 g/mol. The molecular formula is C17H23BN2O2. The van der Waals surface area contributed by atoms with Gasteiger partial charge in [0, 0.05) is 11.2 Å². The summed E-state index contributed by atoms with van der Waals surface area (Å²) in [6.45, 7) is 12.3. The summed E-state index contributed by atoms with van der Waals surface area (Å²) in [6.07, 6.45) is 0. The Morgan fingerprint density at radius 2 is 1.59 bits per heavy atom.